The van der Waals surface area contributed by atoms with Crippen LogP contribution in [0.5, 0.6) is 0 Å². The Kier molecular flexibility index (Phi) is 5.64. The summed E-state index contributed by atoms with van der Waals surface area (Å²) in [5.74, 6) is -1.72. The van der Waals surface area contributed by atoms with Crippen molar-refractivity contribution in [2.75, 3.05) is 26.2 Å². The van der Waals surface area contributed by atoms with Crippen molar-refractivity contribution in [3.63, 3.8) is 0 Å². The van der Waals surface area contributed by atoms with Crippen LogP contribution in [-0.2, 0) is 4.79 Å². The number of carboxylic acid groups (broad SMARTS) is 1. The Morgan fingerprint density at radius 1 is 1.04 bits per heavy atom. The van der Waals surface area contributed by atoms with Gasteiger partial charge < -0.3 is 14.4 Å². The van der Waals surface area contributed by atoms with Gasteiger partial charge in [-0.15, -0.1) is 0 Å². The van der Waals surface area contributed by atoms with Crippen LogP contribution in [0.15, 0.2) is 30.3 Å². The molecule has 3 saturated heterocycles. The van der Waals surface area contributed by atoms with Gasteiger partial charge in [0.2, 0.25) is 5.78 Å². The van der Waals surface area contributed by atoms with E-state index in [-0.39, 0.29) is 0 Å². The van der Waals surface area contributed by atoms with Crippen LogP contribution in [0.2, 0.25) is 0 Å². The molecule has 0 saturated carbocycles. The van der Waals surface area contributed by atoms with Gasteiger partial charge in [-0.1, -0.05) is 30.3 Å². The van der Waals surface area contributed by atoms with E-state index >= 15 is 0 Å². The predicted molar refractivity (Wildman–Crippen MR) is 78.9 cm³/mol. The number of aliphatic carboxylic acids is 1. The topological polar surface area (TPSA) is 57.2 Å². The van der Waals surface area contributed by atoms with E-state index in [0.717, 1.165) is 22.5 Å². The van der Waals surface area contributed by atoms with Crippen molar-refractivity contribution in [1.29, 1.82) is 0 Å². The number of quaternary nitrogens is 1. The fourth-order valence-electron chi connectivity index (χ4n) is 3.39. The van der Waals surface area contributed by atoms with Crippen LogP contribution in [0.4, 0.5) is 13.2 Å². The fourth-order valence-corrected chi connectivity index (χ4v) is 3.39. The number of ketones is 1. The third-order valence-corrected chi connectivity index (χ3v) is 4.84. The highest BCUT2D eigenvalue weighted by Gasteiger charge is 2.40. The molecule has 3 fully saturated rings. The third kappa shape index (κ3) is 4.80. The van der Waals surface area contributed by atoms with E-state index in [9.17, 15) is 18.0 Å². The van der Waals surface area contributed by atoms with Crippen molar-refractivity contribution in [2.45, 2.75) is 25.4 Å². The summed E-state index contributed by atoms with van der Waals surface area (Å²) in [4.78, 5) is 21.1. The van der Waals surface area contributed by atoms with Gasteiger partial charge in [-0.25, -0.2) is 0 Å². The summed E-state index contributed by atoms with van der Waals surface area (Å²) >= 11 is 0. The summed E-state index contributed by atoms with van der Waals surface area (Å²) < 4.78 is 32.6. The highest BCUT2D eigenvalue weighted by atomic mass is 19.4. The number of Topliss-reactive ketones (excluding diaryl/α,β-unsaturated/α-hetero) is 1. The Bertz CT molecular complexity index is 565. The first kappa shape index (κ1) is 18.4. The van der Waals surface area contributed by atoms with E-state index < -0.39 is 12.1 Å². The molecule has 3 aliphatic rings. The van der Waals surface area contributed by atoms with E-state index in [0.29, 0.717) is 5.78 Å². The molecule has 0 radical (unpaired) electrons. The van der Waals surface area contributed by atoms with E-state index in [4.69, 9.17) is 9.90 Å². The standard InChI is InChI=1S/C15H20NO.C2HF3O2/c17-15(14-4-2-1-3-5-14)12-16-9-6-13(7-10-16)8-11-16;3-2(4,5)1(6)7/h1-5,13H,6-12H2;(H,6,7)/q+1;/p-1. The zero-order chi connectivity index (χ0) is 17.8. The number of hydrogen-bond donors (Lipinski definition) is 0. The Morgan fingerprint density at radius 3 is 1.92 bits per heavy atom. The molecular weight excluding hydrogens is 323 g/mol. The molecule has 24 heavy (non-hydrogen) atoms. The number of carbonyl (C=O) groups is 2. The maximum absolute atomic E-state index is 12.3. The normalized spacial score (nSPS) is 25.5. The Labute approximate surface area is 138 Å². The largest absolute Gasteiger partial charge is 0.542 e. The van der Waals surface area contributed by atoms with Crippen LogP contribution in [-0.4, -0.2) is 48.6 Å². The summed E-state index contributed by atoms with van der Waals surface area (Å²) in [7, 11) is 0. The number of carbonyl (C=O) groups excluding carboxylic acids is 2. The minimum atomic E-state index is -5.19. The number of alkyl halides is 3. The average molecular weight is 343 g/mol. The number of benzene rings is 1. The van der Waals surface area contributed by atoms with Crippen molar-refractivity contribution in [1.82, 2.24) is 0 Å². The molecule has 1 aromatic carbocycles. The van der Waals surface area contributed by atoms with E-state index in [1.165, 1.54) is 38.9 Å². The minimum absolute atomic E-state index is 0.325. The molecule has 4 rings (SSSR count). The van der Waals surface area contributed by atoms with Gasteiger partial charge in [-0.3, -0.25) is 4.79 Å². The van der Waals surface area contributed by atoms with Gasteiger partial charge >= 0.3 is 6.18 Å². The van der Waals surface area contributed by atoms with Gasteiger partial charge in [-0.2, -0.15) is 13.2 Å². The van der Waals surface area contributed by atoms with Crippen molar-refractivity contribution >= 4 is 11.8 Å². The number of piperidine rings is 3. The quantitative estimate of drug-likeness (QED) is 0.621. The Balaban J connectivity index is 0.000000256. The SMILES string of the molecule is O=C(C[N+]12CCC(CC1)CC2)c1ccccc1.O=C([O-])C(F)(F)F. The summed E-state index contributed by atoms with van der Waals surface area (Å²) in [5.41, 5.74) is 0.882. The summed E-state index contributed by atoms with van der Waals surface area (Å²) in [5, 5.41) is 8.78. The summed E-state index contributed by atoms with van der Waals surface area (Å²) in [6, 6.07) is 9.76. The second-order valence-corrected chi connectivity index (χ2v) is 6.48. The highest BCUT2D eigenvalue weighted by Crippen LogP contribution is 2.33. The van der Waals surface area contributed by atoms with Crippen molar-refractivity contribution in [3.8, 4) is 0 Å². The molecule has 7 heteroatoms. The van der Waals surface area contributed by atoms with Crippen LogP contribution in [0.25, 0.3) is 0 Å². The number of halogens is 3. The van der Waals surface area contributed by atoms with E-state index in [2.05, 4.69) is 0 Å². The second kappa shape index (κ2) is 7.34. The number of rotatable bonds is 3. The lowest BCUT2D eigenvalue weighted by molar-refractivity contribution is -0.935. The molecule has 0 amide bonds. The molecule has 3 aliphatic heterocycles. The second-order valence-electron chi connectivity index (χ2n) is 6.48. The minimum Gasteiger partial charge on any atom is -0.542 e. The molecular formula is C17H20F3NO3. The Morgan fingerprint density at radius 2 is 1.50 bits per heavy atom. The fraction of sp³-hybridized carbons (Fsp3) is 0.529. The molecule has 132 valence electrons. The Hall–Kier alpha value is -1.89. The van der Waals surface area contributed by atoms with Gasteiger partial charge in [0.25, 0.3) is 0 Å². The number of fused-ring (bicyclic) bond motifs is 3. The molecule has 3 heterocycles. The molecule has 0 spiro atoms. The number of nitrogens with zero attached hydrogens (tertiary/aromatic N) is 1. The van der Waals surface area contributed by atoms with Crippen molar-refractivity contribution < 1.29 is 32.3 Å². The maximum atomic E-state index is 12.3. The third-order valence-electron chi connectivity index (χ3n) is 4.84. The predicted octanol–water partition coefficient (Wildman–Crippen LogP) is 1.80. The summed E-state index contributed by atoms with van der Waals surface area (Å²) in [6.45, 7) is 4.40. The molecule has 0 atom stereocenters. The molecule has 0 aliphatic carbocycles. The monoisotopic (exact) mass is 343 g/mol. The van der Waals surface area contributed by atoms with Crippen LogP contribution in [0.3, 0.4) is 0 Å². The van der Waals surface area contributed by atoms with Gasteiger partial charge in [0, 0.05) is 5.56 Å². The number of hydrogen-bond acceptors (Lipinski definition) is 3. The maximum Gasteiger partial charge on any atom is 0.430 e. The van der Waals surface area contributed by atoms with Crippen molar-refractivity contribution in [2.24, 2.45) is 5.92 Å². The van der Waals surface area contributed by atoms with Gasteiger partial charge in [0.05, 0.1) is 19.6 Å². The zero-order valence-electron chi connectivity index (χ0n) is 13.2. The van der Waals surface area contributed by atoms with Crippen molar-refractivity contribution in [3.05, 3.63) is 35.9 Å². The van der Waals surface area contributed by atoms with E-state index in [1.807, 2.05) is 30.3 Å². The number of carboxylic acids is 1. The molecule has 1 aromatic rings. The van der Waals surface area contributed by atoms with Gasteiger partial charge in [0.1, 0.15) is 12.5 Å². The zero-order valence-corrected chi connectivity index (χ0v) is 13.2. The van der Waals surface area contributed by atoms with Crippen LogP contribution >= 0.6 is 0 Å². The molecule has 0 unspecified atom stereocenters. The van der Waals surface area contributed by atoms with Gasteiger partial charge in [0.15, 0.2) is 0 Å². The van der Waals surface area contributed by atoms with Crippen LogP contribution < -0.4 is 5.11 Å². The van der Waals surface area contributed by atoms with Gasteiger partial charge in [-0.05, 0) is 25.2 Å². The van der Waals surface area contributed by atoms with Crippen LogP contribution in [0.1, 0.15) is 29.6 Å². The lowest BCUT2D eigenvalue weighted by Gasteiger charge is -2.48. The lowest BCUT2D eigenvalue weighted by Crippen LogP contribution is -2.60. The highest BCUT2D eigenvalue weighted by molar-refractivity contribution is 5.96. The van der Waals surface area contributed by atoms with E-state index in [1.54, 1.807) is 0 Å². The first-order chi connectivity index (χ1) is 11.2. The van der Waals surface area contributed by atoms with Crippen LogP contribution in [0, 0.1) is 5.92 Å². The smallest absolute Gasteiger partial charge is 0.430 e. The first-order valence-corrected chi connectivity index (χ1v) is 7.93. The molecule has 2 bridgehead atoms. The average Bonchev–Trinajstić information content (AvgIpc) is 2.56. The molecule has 0 aromatic heterocycles. The lowest BCUT2D eigenvalue weighted by atomic mass is 9.85. The summed E-state index contributed by atoms with van der Waals surface area (Å²) in [6.07, 6.45) is -1.19. The molecule has 0 N–H and O–H groups in total. The first-order valence-electron chi connectivity index (χ1n) is 7.93. The molecule has 4 nitrogen and oxygen atoms in total.